The molecule has 0 saturated carbocycles. The summed E-state index contributed by atoms with van der Waals surface area (Å²) in [6.07, 6.45) is 0. The second-order valence-corrected chi connectivity index (χ2v) is 4.59. The largest absolute Gasteiger partial charge is 0.398 e. The van der Waals surface area contributed by atoms with Crippen LogP contribution >= 0.6 is 11.6 Å². The number of rotatable bonds is 2. The number of hydrogen-bond donors (Lipinski definition) is 2. The molecule has 0 unspecified atom stereocenters. The van der Waals surface area contributed by atoms with E-state index in [0.29, 0.717) is 0 Å². The summed E-state index contributed by atoms with van der Waals surface area (Å²) in [5.74, 6) is 0. The van der Waals surface area contributed by atoms with Crippen molar-refractivity contribution in [2.45, 2.75) is 13.8 Å². The van der Waals surface area contributed by atoms with Gasteiger partial charge < -0.3 is 11.1 Å². The van der Waals surface area contributed by atoms with Gasteiger partial charge in [-0.25, -0.2) is 0 Å². The van der Waals surface area contributed by atoms with Gasteiger partial charge in [-0.2, -0.15) is 0 Å². The van der Waals surface area contributed by atoms with E-state index in [9.17, 15) is 0 Å². The first kappa shape index (κ1) is 11.8. The fraction of sp³-hybridized carbons (Fsp3) is 0.143. The number of anilines is 3. The summed E-state index contributed by atoms with van der Waals surface area (Å²) in [6, 6.07) is 11.7. The van der Waals surface area contributed by atoms with Gasteiger partial charge >= 0.3 is 0 Å². The minimum Gasteiger partial charge on any atom is -0.398 e. The molecule has 0 fully saturated rings. The Morgan fingerprint density at radius 1 is 1.00 bits per heavy atom. The second-order valence-electron chi connectivity index (χ2n) is 4.16. The summed E-state index contributed by atoms with van der Waals surface area (Å²) < 4.78 is 0. The van der Waals surface area contributed by atoms with Crippen molar-refractivity contribution in [1.82, 2.24) is 0 Å². The second kappa shape index (κ2) is 4.68. The van der Waals surface area contributed by atoms with Crippen molar-refractivity contribution in [3.8, 4) is 0 Å². The third-order valence-electron chi connectivity index (χ3n) is 2.75. The lowest BCUT2D eigenvalue weighted by Crippen LogP contribution is -1.95. The van der Waals surface area contributed by atoms with Crippen LogP contribution in [-0.4, -0.2) is 0 Å². The molecule has 17 heavy (non-hydrogen) atoms. The fourth-order valence-electron chi connectivity index (χ4n) is 1.64. The Morgan fingerprint density at radius 2 is 1.76 bits per heavy atom. The number of benzene rings is 2. The number of nitrogens with one attached hydrogen (secondary N) is 1. The van der Waals surface area contributed by atoms with Crippen LogP contribution in [0.25, 0.3) is 0 Å². The summed E-state index contributed by atoms with van der Waals surface area (Å²) in [5, 5.41) is 4.08. The Labute approximate surface area is 106 Å². The van der Waals surface area contributed by atoms with Gasteiger partial charge in [-0.3, -0.25) is 0 Å². The van der Waals surface area contributed by atoms with Crippen LogP contribution in [0.4, 0.5) is 17.1 Å². The topological polar surface area (TPSA) is 38.0 Å². The van der Waals surface area contributed by atoms with Crippen LogP contribution < -0.4 is 11.1 Å². The molecule has 0 atom stereocenters. The molecule has 2 rings (SSSR count). The summed E-state index contributed by atoms with van der Waals surface area (Å²) in [7, 11) is 0. The van der Waals surface area contributed by atoms with E-state index >= 15 is 0 Å². The highest BCUT2D eigenvalue weighted by Crippen LogP contribution is 2.25. The maximum Gasteiger partial charge on any atom is 0.0414 e. The minimum absolute atomic E-state index is 0.747. The van der Waals surface area contributed by atoms with Crippen molar-refractivity contribution in [2.75, 3.05) is 11.1 Å². The Kier molecular flexibility index (Phi) is 3.25. The van der Waals surface area contributed by atoms with Crippen molar-refractivity contribution in [2.24, 2.45) is 0 Å². The quantitative estimate of drug-likeness (QED) is 0.776. The molecule has 0 saturated heterocycles. The average Bonchev–Trinajstić information content (AvgIpc) is 2.27. The van der Waals surface area contributed by atoms with Gasteiger partial charge in [0, 0.05) is 22.1 Å². The first-order chi connectivity index (χ1) is 8.06. The molecule has 0 aromatic heterocycles. The number of nitrogen functional groups attached to an aromatic ring is 1. The zero-order valence-corrected chi connectivity index (χ0v) is 10.7. The lowest BCUT2D eigenvalue weighted by Gasteiger charge is -2.11. The molecule has 0 heterocycles. The Balaban J connectivity index is 2.28. The van der Waals surface area contributed by atoms with Gasteiger partial charge in [0.15, 0.2) is 0 Å². The standard InChI is InChI=1S/C14H15ClN2/c1-9-3-5-12(8-13(9)16)17-14-6-4-11(15)7-10(14)2/h3-8,17H,16H2,1-2H3. The minimum atomic E-state index is 0.747. The van der Waals surface area contributed by atoms with Crippen molar-refractivity contribution in [3.63, 3.8) is 0 Å². The zero-order valence-electron chi connectivity index (χ0n) is 9.92. The van der Waals surface area contributed by atoms with Gasteiger partial charge in [0.2, 0.25) is 0 Å². The maximum absolute atomic E-state index is 5.92. The molecule has 2 nitrogen and oxygen atoms in total. The van der Waals surface area contributed by atoms with Gasteiger partial charge in [-0.05, 0) is 55.3 Å². The molecule has 0 radical (unpaired) electrons. The monoisotopic (exact) mass is 246 g/mol. The number of halogens is 1. The molecular weight excluding hydrogens is 232 g/mol. The number of aryl methyl sites for hydroxylation is 2. The highest BCUT2D eigenvalue weighted by Gasteiger charge is 2.01. The van der Waals surface area contributed by atoms with Crippen LogP contribution in [0.2, 0.25) is 5.02 Å². The van der Waals surface area contributed by atoms with Gasteiger partial charge in [-0.15, -0.1) is 0 Å². The number of nitrogens with two attached hydrogens (primary N) is 1. The molecule has 88 valence electrons. The van der Waals surface area contributed by atoms with E-state index in [2.05, 4.69) is 5.32 Å². The van der Waals surface area contributed by atoms with Crippen LogP contribution in [0.5, 0.6) is 0 Å². The van der Waals surface area contributed by atoms with Crippen molar-refractivity contribution in [1.29, 1.82) is 0 Å². The Hall–Kier alpha value is -1.67. The van der Waals surface area contributed by atoms with Crippen LogP contribution in [0.15, 0.2) is 36.4 Å². The van der Waals surface area contributed by atoms with Crippen molar-refractivity contribution >= 4 is 28.7 Å². The molecule has 0 aliphatic rings. The first-order valence-electron chi connectivity index (χ1n) is 5.45. The van der Waals surface area contributed by atoms with E-state index < -0.39 is 0 Å². The third kappa shape index (κ3) is 2.71. The van der Waals surface area contributed by atoms with E-state index in [0.717, 1.165) is 33.2 Å². The van der Waals surface area contributed by atoms with Gasteiger partial charge in [0.25, 0.3) is 0 Å². The maximum atomic E-state index is 5.92. The molecule has 0 spiro atoms. The van der Waals surface area contributed by atoms with Gasteiger partial charge in [0.1, 0.15) is 0 Å². The predicted octanol–water partition coefficient (Wildman–Crippen LogP) is 4.28. The lowest BCUT2D eigenvalue weighted by atomic mass is 10.1. The normalized spacial score (nSPS) is 10.3. The predicted molar refractivity (Wildman–Crippen MR) is 75.1 cm³/mol. The van der Waals surface area contributed by atoms with Gasteiger partial charge in [-0.1, -0.05) is 17.7 Å². The lowest BCUT2D eigenvalue weighted by molar-refractivity contribution is 1.41. The van der Waals surface area contributed by atoms with E-state index in [4.69, 9.17) is 17.3 Å². The summed E-state index contributed by atoms with van der Waals surface area (Å²) >= 11 is 5.92. The molecule has 0 bridgehead atoms. The molecule has 2 aromatic rings. The van der Waals surface area contributed by atoms with Crippen LogP contribution in [0.1, 0.15) is 11.1 Å². The van der Waals surface area contributed by atoms with Crippen LogP contribution in [0.3, 0.4) is 0 Å². The van der Waals surface area contributed by atoms with Crippen LogP contribution in [-0.2, 0) is 0 Å². The molecule has 3 N–H and O–H groups in total. The zero-order chi connectivity index (χ0) is 12.4. The summed E-state index contributed by atoms with van der Waals surface area (Å²) in [6.45, 7) is 4.01. The third-order valence-corrected chi connectivity index (χ3v) is 2.98. The molecule has 0 amide bonds. The Bertz CT molecular complexity index is 550. The first-order valence-corrected chi connectivity index (χ1v) is 5.83. The van der Waals surface area contributed by atoms with Crippen LogP contribution in [0, 0.1) is 13.8 Å². The molecule has 0 aliphatic heterocycles. The van der Waals surface area contributed by atoms with Gasteiger partial charge in [0.05, 0.1) is 0 Å². The van der Waals surface area contributed by atoms with Crippen molar-refractivity contribution < 1.29 is 0 Å². The molecule has 2 aromatic carbocycles. The van der Waals surface area contributed by atoms with E-state index in [1.807, 2.05) is 50.2 Å². The average molecular weight is 247 g/mol. The Morgan fingerprint density at radius 3 is 2.41 bits per heavy atom. The highest BCUT2D eigenvalue weighted by molar-refractivity contribution is 6.30. The number of hydrogen-bond acceptors (Lipinski definition) is 2. The summed E-state index contributed by atoms with van der Waals surface area (Å²) in [4.78, 5) is 0. The molecule has 0 aliphatic carbocycles. The van der Waals surface area contributed by atoms with E-state index in [-0.39, 0.29) is 0 Å². The van der Waals surface area contributed by atoms with Crippen molar-refractivity contribution in [3.05, 3.63) is 52.5 Å². The van der Waals surface area contributed by atoms with E-state index in [1.54, 1.807) is 0 Å². The fourth-order valence-corrected chi connectivity index (χ4v) is 1.87. The molecular formula is C14H15ClN2. The van der Waals surface area contributed by atoms with E-state index in [1.165, 1.54) is 0 Å². The summed E-state index contributed by atoms with van der Waals surface area (Å²) in [5.41, 5.74) is 10.9. The molecule has 3 heteroatoms. The highest BCUT2D eigenvalue weighted by atomic mass is 35.5. The SMILES string of the molecule is Cc1ccc(Nc2ccc(Cl)cc2C)cc1N. The smallest absolute Gasteiger partial charge is 0.0414 e.